The molecule has 0 fully saturated rings. The Balaban J connectivity index is 2.12. The Kier molecular flexibility index (Phi) is 2.55. The molecule has 0 saturated carbocycles. The van der Waals surface area contributed by atoms with Crippen molar-refractivity contribution >= 4 is 5.82 Å². The van der Waals surface area contributed by atoms with Gasteiger partial charge in [-0.25, -0.2) is 0 Å². The number of rotatable bonds is 1. The highest BCUT2D eigenvalue weighted by Crippen LogP contribution is 2.30. The molecule has 0 unspecified atom stereocenters. The lowest BCUT2D eigenvalue weighted by Gasteiger charge is -2.03. The summed E-state index contributed by atoms with van der Waals surface area (Å²) in [7, 11) is 2.00. The van der Waals surface area contributed by atoms with Gasteiger partial charge >= 0.3 is 0 Å². The normalized spacial score (nSPS) is 14.9. The first-order valence-electron chi connectivity index (χ1n) is 6.06. The van der Waals surface area contributed by atoms with E-state index in [4.69, 9.17) is 0 Å². The lowest BCUT2D eigenvalue weighted by molar-refractivity contribution is 0.757. The van der Waals surface area contributed by atoms with E-state index in [1.54, 1.807) is 0 Å². The SMILES string of the molecule is Cn1nc(-c2ccncc2)c2c1NCCCC2. The van der Waals surface area contributed by atoms with Gasteiger partial charge in [-0.2, -0.15) is 5.10 Å². The van der Waals surface area contributed by atoms with Crippen LogP contribution in [-0.4, -0.2) is 21.3 Å². The summed E-state index contributed by atoms with van der Waals surface area (Å²) in [6.07, 6.45) is 7.20. The number of aryl methyl sites for hydroxylation is 1. The number of pyridine rings is 1. The molecule has 4 nitrogen and oxygen atoms in total. The molecule has 0 saturated heterocycles. The molecular formula is C13H16N4. The molecule has 4 heteroatoms. The predicted octanol–water partition coefficient (Wildman–Crippen LogP) is 2.23. The first-order chi connectivity index (χ1) is 8.36. The van der Waals surface area contributed by atoms with Crippen LogP contribution in [-0.2, 0) is 13.5 Å². The predicted molar refractivity (Wildman–Crippen MR) is 67.9 cm³/mol. The molecule has 17 heavy (non-hydrogen) atoms. The van der Waals surface area contributed by atoms with Gasteiger partial charge in [0.15, 0.2) is 0 Å². The van der Waals surface area contributed by atoms with Crippen molar-refractivity contribution in [2.45, 2.75) is 19.3 Å². The quantitative estimate of drug-likeness (QED) is 0.814. The third-order valence-electron chi connectivity index (χ3n) is 3.25. The molecule has 0 aromatic carbocycles. The first kappa shape index (κ1) is 10.3. The van der Waals surface area contributed by atoms with Gasteiger partial charge in [0.2, 0.25) is 0 Å². The molecule has 2 aromatic heterocycles. The average Bonchev–Trinajstić information content (AvgIpc) is 2.57. The van der Waals surface area contributed by atoms with Gasteiger partial charge in [-0.15, -0.1) is 0 Å². The van der Waals surface area contributed by atoms with Gasteiger partial charge in [0.25, 0.3) is 0 Å². The van der Waals surface area contributed by atoms with Crippen LogP contribution in [0.4, 0.5) is 5.82 Å². The average molecular weight is 228 g/mol. The minimum Gasteiger partial charge on any atom is -0.370 e. The van der Waals surface area contributed by atoms with Crippen molar-refractivity contribution in [3.8, 4) is 11.3 Å². The van der Waals surface area contributed by atoms with Crippen LogP contribution in [0.25, 0.3) is 11.3 Å². The Morgan fingerprint density at radius 2 is 2.06 bits per heavy atom. The van der Waals surface area contributed by atoms with Gasteiger partial charge in [0.1, 0.15) is 5.82 Å². The fourth-order valence-corrected chi connectivity index (χ4v) is 2.40. The zero-order chi connectivity index (χ0) is 11.7. The number of hydrogen-bond donors (Lipinski definition) is 1. The van der Waals surface area contributed by atoms with Crippen LogP contribution in [0.15, 0.2) is 24.5 Å². The number of nitrogens with zero attached hydrogens (tertiary/aromatic N) is 3. The monoisotopic (exact) mass is 228 g/mol. The zero-order valence-electron chi connectivity index (χ0n) is 9.98. The van der Waals surface area contributed by atoms with Crippen molar-refractivity contribution in [1.82, 2.24) is 14.8 Å². The molecule has 0 amide bonds. The Morgan fingerprint density at radius 1 is 1.24 bits per heavy atom. The second kappa shape index (κ2) is 4.20. The van der Waals surface area contributed by atoms with Crippen LogP contribution in [0.1, 0.15) is 18.4 Å². The minimum absolute atomic E-state index is 1.04. The van der Waals surface area contributed by atoms with E-state index in [9.17, 15) is 0 Å². The second-order valence-corrected chi connectivity index (χ2v) is 4.42. The summed E-state index contributed by atoms with van der Waals surface area (Å²) in [5.74, 6) is 1.18. The van der Waals surface area contributed by atoms with E-state index in [0.717, 1.165) is 24.2 Å². The Labute approximate surface area is 101 Å². The van der Waals surface area contributed by atoms with Crippen molar-refractivity contribution in [2.24, 2.45) is 7.05 Å². The van der Waals surface area contributed by atoms with Gasteiger partial charge in [0, 0.05) is 37.1 Å². The van der Waals surface area contributed by atoms with Crippen LogP contribution in [0.2, 0.25) is 0 Å². The maximum Gasteiger partial charge on any atom is 0.127 e. The fraction of sp³-hybridized carbons (Fsp3) is 0.385. The molecule has 2 aromatic rings. The molecule has 88 valence electrons. The summed E-state index contributed by atoms with van der Waals surface area (Å²) in [4.78, 5) is 4.06. The molecule has 1 aliphatic rings. The lowest BCUT2D eigenvalue weighted by atomic mass is 10.0. The molecule has 0 atom stereocenters. The Hall–Kier alpha value is -1.84. The van der Waals surface area contributed by atoms with E-state index in [0.29, 0.717) is 0 Å². The van der Waals surface area contributed by atoms with Crippen molar-refractivity contribution < 1.29 is 0 Å². The smallest absolute Gasteiger partial charge is 0.127 e. The van der Waals surface area contributed by atoms with Crippen LogP contribution in [0.5, 0.6) is 0 Å². The lowest BCUT2D eigenvalue weighted by Crippen LogP contribution is -2.04. The van der Waals surface area contributed by atoms with Gasteiger partial charge in [-0.05, 0) is 31.4 Å². The summed E-state index contributed by atoms with van der Waals surface area (Å²) < 4.78 is 1.95. The van der Waals surface area contributed by atoms with Crippen molar-refractivity contribution in [1.29, 1.82) is 0 Å². The van der Waals surface area contributed by atoms with Gasteiger partial charge < -0.3 is 5.32 Å². The molecule has 3 rings (SSSR count). The van der Waals surface area contributed by atoms with Crippen LogP contribution in [0.3, 0.4) is 0 Å². The molecule has 0 spiro atoms. The number of nitrogens with one attached hydrogen (secondary N) is 1. The van der Waals surface area contributed by atoms with Crippen LogP contribution >= 0.6 is 0 Å². The topological polar surface area (TPSA) is 42.7 Å². The minimum atomic E-state index is 1.04. The molecule has 1 aliphatic heterocycles. The van der Waals surface area contributed by atoms with E-state index in [1.165, 1.54) is 24.2 Å². The van der Waals surface area contributed by atoms with Crippen molar-refractivity contribution in [3.63, 3.8) is 0 Å². The highest BCUT2D eigenvalue weighted by Gasteiger charge is 2.18. The van der Waals surface area contributed by atoms with E-state index in [2.05, 4.69) is 15.4 Å². The van der Waals surface area contributed by atoms with Crippen LogP contribution in [0, 0.1) is 0 Å². The number of anilines is 1. The van der Waals surface area contributed by atoms with E-state index >= 15 is 0 Å². The van der Waals surface area contributed by atoms with E-state index < -0.39 is 0 Å². The number of hydrogen-bond acceptors (Lipinski definition) is 3. The third kappa shape index (κ3) is 1.79. The van der Waals surface area contributed by atoms with Crippen molar-refractivity contribution in [2.75, 3.05) is 11.9 Å². The Morgan fingerprint density at radius 3 is 2.88 bits per heavy atom. The summed E-state index contributed by atoms with van der Waals surface area (Å²) in [6.45, 7) is 1.04. The molecular weight excluding hydrogens is 212 g/mol. The second-order valence-electron chi connectivity index (χ2n) is 4.42. The maximum atomic E-state index is 4.63. The summed E-state index contributed by atoms with van der Waals surface area (Å²) in [5.41, 5.74) is 3.59. The number of fused-ring (bicyclic) bond motifs is 1. The van der Waals surface area contributed by atoms with E-state index in [-0.39, 0.29) is 0 Å². The van der Waals surface area contributed by atoms with Gasteiger partial charge in [-0.3, -0.25) is 9.67 Å². The van der Waals surface area contributed by atoms with Gasteiger partial charge in [0.05, 0.1) is 5.69 Å². The Bertz CT molecular complexity index is 516. The highest BCUT2D eigenvalue weighted by molar-refractivity contribution is 5.69. The highest BCUT2D eigenvalue weighted by atomic mass is 15.3. The third-order valence-corrected chi connectivity index (χ3v) is 3.25. The zero-order valence-corrected chi connectivity index (χ0v) is 9.98. The molecule has 0 radical (unpaired) electrons. The van der Waals surface area contributed by atoms with Crippen LogP contribution < -0.4 is 5.32 Å². The summed E-state index contributed by atoms with van der Waals surface area (Å²) in [5, 5.41) is 8.10. The molecule has 3 heterocycles. The van der Waals surface area contributed by atoms with E-state index in [1.807, 2.05) is 36.3 Å². The summed E-state index contributed by atoms with van der Waals surface area (Å²) >= 11 is 0. The summed E-state index contributed by atoms with van der Waals surface area (Å²) in [6, 6.07) is 4.04. The largest absolute Gasteiger partial charge is 0.370 e. The maximum absolute atomic E-state index is 4.63. The molecule has 0 aliphatic carbocycles. The fourth-order valence-electron chi connectivity index (χ4n) is 2.40. The standard InChI is InChI=1S/C13H16N4/c1-17-13-11(4-2-3-7-15-13)12(16-17)10-5-8-14-9-6-10/h5-6,8-9,15H,2-4,7H2,1H3. The molecule has 0 bridgehead atoms. The molecule has 1 N–H and O–H groups in total. The van der Waals surface area contributed by atoms with Crippen molar-refractivity contribution in [3.05, 3.63) is 30.1 Å². The number of aromatic nitrogens is 3. The van der Waals surface area contributed by atoms with Gasteiger partial charge in [-0.1, -0.05) is 0 Å². The first-order valence-corrected chi connectivity index (χ1v) is 6.06.